The van der Waals surface area contributed by atoms with Crippen LogP contribution in [-0.2, 0) is 4.79 Å². The summed E-state index contributed by atoms with van der Waals surface area (Å²) in [6, 6.07) is 10.6. The largest absolute Gasteiger partial charge is 0.481 e. The molecule has 0 saturated heterocycles. The minimum atomic E-state index is -0.631. The van der Waals surface area contributed by atoms with E-state index in [1.54, 1.807) is 31.2 Å². The van der Waals surface area contributed by atoms with Gasteiger partial charge in [0.15, 0.2) is 6.10 Å². The highest BCUT2D eigenvalue weighted by atomic mass is 79.9. The van der Waals surface area contributed by atoms with Crippen molar-refractivity contribution in [3.8, 4) is 5.75 Å². The van der Waals surface area contributed by atoms with Gasteiger partial charge in [0.25, 0.3) is 5.91 Å². The lowest BCUT2D eigenvalue weighted by atomic mass is 10.3. The molecule has 0 radical (unpaired) electrons. The van der Waals surface area contributed by atoms with E-state index in [1.807, 2.05) is 12.1 Å². The third-order valence-electron chi connectivity index (χ3n) is 2.47. The first-order chi connectivity index (χ1) is 9.54. The molecule has 0 aliphatic rings. The average Bonchev–Trinajstić information content (AvgIpc) is 2.44. The number of hydrogen-bond acceptors (Lipinski definition) is 3. The van der Waals surface area contributed by atoms with E-state index in [9.17, 15) is 4.79 Å². The Hall–Kier alpha value is -1.59. The molecule has 104 valence electrons. The molecule has 0 fully saturated rings. The van der Waals surface area contributed by atoms with Crippen molar-refractivity contribution >= 4 is 39.3 Å². The van der Waals surface area contributed by atoms with Crippen LogP contribution in [0.15, 0.2) is 47.1 Å². The van der Waals surface area contributed by atoms with Gasteiger partial charge in [-0.2, -0.15) is 0 Å². The Morgan fingerprint density at radius 2 is 2.00 bits per heavy atom. The van der Waals surface area contributed by atoms with E-state index in [0.717, 1.165) is 4.47 Å². The average molecular weight is 356 g/mol. The molecule has 0 saturated carbocycles. The number of ether oxygens (including phenoxy) is 1. The van der Waals surface area contributed by atoms with Crippen LogP contribution in [0.3, 0.4) is 0 Å². The van der Waals surface area contributed by atoms with Crippen LogP contribution in [0, 0.1) is 0 Å². The highest BCUT2D eigenvalue weighted by molar-refractivity contribution is 9.10. The Labute approximate surface area is 130 Å². The Balaban J connectivity index is 1.94. The van der Waals surface area contributed by atoms with Gasteiger partial charge in [-0.1, -0.05) is 27.5 Å². The van der Waals surface area contributed by atoms with Crippen molar-refractivity contribution in [1.29, 1.82) is 0 Å². The monoisotopic (exact) mass is 354 g/mol. The lowest BCUT2D eigenvalue weighted by molar-refractivity contribution is -0.122. The summed E-state index contributed by atoms with van der Waals surface area (Å²) in [4.78, 5) is 15.9. The summed E-state index contributed by atoms with van der Waals surface area (Å²) < 4.78 is 6.49. The number of aromatic nitrogens is 1. The molecule has 1 heterocycles. The molecule has 6 heteroatoms. The van der Waals surface area contributed by atoms with Gasteiger partial charge in [0.05, 0.1) is 5.02 Å². The van der Waals surface area contributed by atoms with Crippen LogP contribution in [0.2, 0.25) is 5.02 Å². The van der Waals surface area contributed by atoms with Crippen LogP contribution in [-0.4, -0.2) is 17.0 Å². The maximum atomic E-state index is 12.0. The number of nitrogens with zero attached hydrogens (tertiary/aromatic N) is 1. The third kappa shape index (κ3) is 4.21. The molecule has 0 spiro atoms. The van der Waals surface area contributed by atoms with Gasteiger partial charge in [0.1, 0.15) is 11.6 Å². The number of hydrogen-bond donors (Lipinski definition) is 1. The minimum Gasteiger partial charge on any atom is -0.481 e. The Morgan fingerprint density at radius 3 is 2.60 bits per heavy atom. The number of carbonyl (C=O) groups is 1. The van der Waals surface area contributed by atoms with Crippen LogP contribution >= 0.6 is 27.5 Å². The van der Waals surface area contributed by atoms with Crippen molar-refractivity contribution in [2.75, 3.05) is 5.32 Å². The van der Waals surface area contributed by atoms with Crippen molar-refractivity contribution in [3.05, 3.63) is 52.1 Å². The molecule has 2 rings (SSSR count). The summed E-state index contributed by atoms with van der Waals surface area (Å²) in [5.74, 6) is 0.785. The number of rotatable bonds is 4. The zero-order valence-electron chi connectivity index (χ0n) is 10.6. The van der Waals surface area contributed by atoms with Crippen LogP contribution in [0.1, 0.15) is 6.92 Å². The molecule has 0 aliphatic heterocycles. The molecular weight excluding hydrogens is 344 g/mol. The first-order valence-corrected chi connectivity index (χ1v) is 7.06. The fraction of sp³-hybridized carbons (Fsp3) is 0.143. The van der Waals surface area contributed by atoms with Gasteiger partial charge < -0.3 is 10.1 Å². The van der Waals surface area contributed by atoms with Crippen LogP contribution < -0.4 is 10.1 Å². The third-order valence-corrected chi connectivity index (χ3v) is 3.23. The van der Waals surface area contributed by atoms with Gasteiger partial charge in [0.2, 0.25) is 0 Å². The molecule has 4 nitrogen and oxygen atoms in total. The number of benzene rings is 1. The molecule has 1 N–H and O–H groups in total. The lowest BCUT2D eigenvalue weighted by Gasteiger charge is -2.14. The molecule has 20 heavy (non-hydrogen) atoms. The predicted octanol–water partition coefficient (Wildman–Crippen LogP) is 3.90. The molecule has 1 amide bonds. The van der Waals surface area contributed by atoms with Gasteiger partial charge in [-0.3, -0.25) is 4.79 Å². The van der Waals surface area contributed by atoms with Crippen molar-refractivity contribution in [2.45, 2.75) is 13.0 Å². The van der Waals surface area contributed by atoms with Crippen molar-refractivity contribution in [1.82, 2.24) is 4.98 Å². The predicted molar refractivity (Wildman–Crippen MR) is 82.1 cm³/mol. The summed E-state index contributed by atoms with van der Waals surface area (Å²) in [6.07, 6.45) is 0.839. The maximum Gasteiger partial charge on any atom is 0.266 e. The van der Waals surface area contributed by atoms with E-state index >= 15 is 0 Å². The summed E-state index contributed by atoms with van der Waals surface area (Å²) >= 11 is 9.06. The van der Waals surface area contributed by atoms with Gasteiger partial charge in [-0.25, -0.2) is 4.98 Å². The van der Waals surface area contributed by atoms with E-state index in [1.165, 1.54) is 6.20 Å². The number of nitrogens with one attached hydrogen (secondary N) is 1. The summed E-state index contributed by atoms with van der Waals surface area (Å²) in [7, 11) is 0. The molecule has 1 atom stereocenters. The smallest absolute Gasteiger partial charge is 0.266 e. The molecule has 1 aromatic heterocycles. The standard InChI is InChI=1S/C14H12BrClN2O2/c1-9(20-12-5-2-10(15)3-6-12)14(19)18-13-7-4-11(16)8-17-13/h2-9H,1H3,(H,17,18,19). The number of amides is 1. The van der Waals surface area contributed by atoms with Crippen LogP contribution in [0.5, 0.6) is 5.75 Å². The summed E-state index contributed by atoms with van der Waals surface area (Å²) in [5.41, 5.74) is 0. The topological polar surface area (TPSA) is 51.2 Å². The second kappa shape index (κ2) is 6.72. The van der Waals surface area contributed by atoms with Gasteiger partial charge in [-0.05, 0) is 43.3 Å². The Bertz CT molecular complexity index is 587. The van der Waals surface area contributed by atoms with Crippen molar-refractivity contribution < 1.29 is 9.53 Å². The first kappa shape index (κ1) is 14.8. The van der Waals surface area contributed by atoms with Gasteiger partial charge >= 0.3 is 0 Å². The molecule has 1 unspecified atom stereocenters. The second-order valence-corrected chi connectivity index (χ2v) is 5.42. The normalized spacial score (nSPS) is 11.8. The number of halogens is 2. The lowest BCUT2D eigenvalue weighted by Crippen LogP contribution is -2.30. The second-order valence-electron chi connectivity index (χ2n) is 4.06. The van der Waals surface area contributed by atoms with Gasteiger partial charge in [-0.15, -0.1) is 0 Å². The van der Waals surface area contributed by atoms with E-state index in [4.69, 9.17) is 16.3 Å². The fourth-order valence-electron chi connectivity index (χ4n) is 1.45. The van der Waals surface area contributed by atoms with E-state index in [-0.39, 0.29) is 5.91 Å². The number of pyridine rings is 1. The van der Waals surface area contributed by atoms with Crippen LogP contribution in [0.25, 0.3) is 0 Å². The highest BCUT2D eigenvalue weighted by Crippen LogP contribution is 2.17. The fourth-order valence-corrected chi connectivity index (χ4v) is 1.82. The summed E-state index contributed by atoms with van der Waals surface area (Å²) in [6.45, 7) is 1.67. The SMILES string of the molecule is CC(Oc1ccc(Br)cc1)C(=O)Nc1ccc(Cl)cn1. The molecule has 2 aromatic rings. The first-order valence-electron chi connectivity index (χ1n) is 5.89. The Kier molecular flexibility index (Phi) is 4.98. The zero-order valence-corrected chi connectivity index (χ0v) is 13.0. The van der Waals surface area contributed by atoms with E-state index in [0.29, 0.717) is 16.6 Å². The highest BCUT2D eigenvalue weighted by Gasteiger charge is 2.15. The van der Waals surface area contributed by atoms with Gasteiger partial charge in [0, 0.05) is 10.7 Å². The minimum absolute atomic E-state index is 0.275. The quantitative estimate of drug-likeness (QED) is 0.905. The molecular formula is C14H12BrClN2O2. The number of anilines is 1. The molecule has 0 aliphatic carbocycles. The maximum absolute atomic E-state index is 12.0. The Morgan fingerprint density at radius 1 is 1.30 bits per heavy atom. The number of carbonyl (C=O) groups excluding carboxylic acids is 1. The molecule has 0 bridgehead atoms. The molecule has 1 aromatic carbocycles. The summed E-state index contributed by atoms with van der Waals surface area (Å²) in [5, 5.41) is 3.17. The van der Waals surface area contributed by atoms with Crippen molar-refractivity contribution in [3.63, 3.8) is 0 Å². The van der Waals surface area contributed by atoms with Crippen LogP contribution in [0.4, 0.5) is 5.82 Å². The van der Waals surface area contributed by atoms with Crippen molar-refractivity contribution in [2.24, 2.45) is 0 Å². The van der Waals surface area contributed by atoms with E-state index in [2.05, 4.69) is 26.2 Å². The zero-order chi connectivity index (χ0) is 14.5. The van der Waals surface area contributed by atoms with E-state index < -0.39 is 6.10 Å².